The number of primary amides is 1. The molecule has 0 saturated carbocycles. The van der Waals surface area contributed by atoms with E-state index >= 15 is 0 Å². The van der Waals surface area contributed by atoms with Crippen molar-refractivity contribution in [1.29, 1.82) is 0 Å². The Morgan fingerprint density at radius 3 is 2.50 bits per heavy atom. The first-order valence-corrected chi connectivity index (χ1v) is 6.32. The summed E-state index contributed by atoms with van der Waals surface area (Å²) in [7, 11) is -4.15. The molecule has 0 heterocycles. The maximum atomic E-state index is 11.0. The molecule has 0 fully saturated rings. The summed E-state index contributed by atoms with van der Waals surface area (Å²) >= 11 is 0. The first kappa shape index (κ1) is 14.8. The van der Waals surface area contributed by atoms with E-state index in [0.717, 1.165) is 0 Å². The molecule has 8 heteroatoms. The van der Waals surface area contributed by atoms with E-state index in [-0.39, 0.29) is 6.42 Å². The minimum atomic E-state index is -4.15. The third-order valence-electron chi connectivity index (χ3n) is 1.71. The highest BCUT2D eigenvalue weighted by Gasteiger charge is 2.14. The number of rotatable bonds is 6. The van der Waals surface area contributed by atoms with Gasteiger partial charge in [-0.05, 0) is 0 Å². The van der Waals surface area contributed by atoms with E-state index in [4.69, 9.17) is 15.5 Å². The second-order valence-corrected chi connectivity index (χ2v) is 5.03. The second-order valence-electron chi connectivity index (χ2n) is 3.26. The lowest BCUT2D eigenvalue weighted by molar-refractivity contribution is -0.121. The van der Waals surface area contributed by atoms with Crippen LogP contribution in [0.1, 0.15) is 13.3 Å². The van der Waals surface area contributed by atoms with Crippen LogP contribution in [0.15, 0.2) is 12.3 Å². The van der Waals surface area contributed by atoms with E-state index in [1.54, 1.807) is 6.92 Å². The molecule has 0 rings (SSSR count). The Morgan fingerprint density at radius 1 is 1.50 bits per heavy atom. The lowest BCUT2D eigenvalue weighted by atomic mass is 10.2. The van der Waals surface area contributed by atoms with Gasteiger partial charge in [-0.15, -0.1) is 0 Å². The monoisotopic (exact) mass is 250 g/mol. The first-order chi connectivity index (χ1) is 7.22. The third-order valence-corrected chi connectivity index (χ3v) is 2.51. The van der Waals surface area contributed by atoms with Gasteiger partial charge in [0.1, 0.15) is 0 Å². The molecular weight excluding hydrogens is 235 g/mol. The Hall–Kier alpha value is -1.17. The number of carbonyl (C=O) groups is 2. The molecule has 0 aliphatic carbocycles. The standard InChI is InChI=1S/C8H15N2O5P/c1-6(8(9)12)2-4-10-7(11)3-5-16(13,14)15/h2,4,6H,3,5H2,1H3,(H2,9,12)(H,10,11)(H2,13,14,15)/b4-2+/t6-/m0/s1. The van der Waals surface area contributed by atoms with Crippen LogP contribution in [-0.2, 0) is 14.2 Å². The molecule has 0 aromatic carbocycles. The average Bonchev–Trinajstić information content (AvgIpc) is 2.13. The highest BCUT2D eigenvalue weighted by molar-refractivity contribution is 7.51. The fourth-order valence-electron chi connectivity index (χ4n) is 0.700. The summed E-state index contributed by atoms with van der Waals surface area (Å²) in [5.41, 5.74) is 4.96. The number of hydrogen-bond donors (Lipinski definition) is 4. The van der Waals surface area contributed by atoms with Crippen molar-refractivity contribution in [2.75, 3.05) is 6.16 Å². The predicted molar refractivity (Wildman–Crippen MR) is 57.2 cm³/mol. The zero-order valence-electron chi connectivity index (χ0n) is 8.79. The molecule has 0 saturated heterocycles. The summed E-state index contributed by atoms with van der Waals surface area (Å²) in [6.07, 6.45) is 1.84. The molecular formula is C8H15N2O5P. The molecule has 0 aromatic heterocycles. The summed E-state index contributed by atoms with van der Waals surface area (Å²) in [4.78, 5) is 38.6. The average molecular weight is 250 g/mol. The van der Waals surface area contributed by atoms with Gasteiger partial charge < -0.3 is 20.8 Å². The number of amides is 2. The van der Waals surface area contributed by atoms with E-state index in [1.165, 1.54) is 12.3 Å². The van der Waals surface area contributed by atoms with Gasteiger partial charge >= 0.3 is 7.60 Å². The fourth-order valence-corrected chi connectivity index (χ4v) is 1.19. The zero-order chi connectivity index (χ0) is 12.8. The highest BCUT2D eigenvalue weighted by atomic mass is 31.2. The first-order valence-electron chi connectivity index (χ1n) is 4.52. The van der Waals surface area contributed by atoms with Gasteiger partial charge in [0.2, 0.25) is 11.8 Å². The van der Waals surface area contributed by atoms with Gasteiger partial charge in [-0.25, -0.2) is 0 Å². The SMILES string of the molecule is C[C@@H](/C=C/NC(=O)CCP(=O)(O)O)C(N)=O. The van der Waals surface area contributed by atoms with Gasteiger partial charge in [0.15, 0.2) is 0 Å². The topological polar surface area (TPSA) is 130 Å². The van der Waals surface area contributed by atoms with Crippen molar-refractivity contribution in [1.82, 2.24) is 5.32 Å². The molecule has 5 N–H and O–H groups in total. The van der Waals surface area contributed by atoms with Crippen LogP contribution >= 0.6 is 7.60 Å². The minimum Gasteiger partial charge on any atom is -0.369 e. The van der Waals surface area contributed by atoms with Crippen LogP contribution < -0.4 is 11.1 Å². The Bertz CT molecular complexity index is 335. The Labute approximate surface area is 92.9 Å². The molecule has 0 aliphatic rings. The van der Waals surface area contributed by atoms with Crippen LogP contribution in [0, 0.1) is 5.92 Å². The number of nitrogens with two attached hydrogens (primary N) is 1. The molecule has 7 nitrogen and oxygen atoms in total. The molecule has 0 aliphatic heterocycles. The Morgan fingerprint density at radius 2 is 2.06 bits per heavy atom. The van der Waals surface area contributed by atoms with Crippen molar-refractivity contribution in [2.45, 2.75) is 13.3 Å². The third kappa shape index (κ3) is 8.16. The molecule has 0 aromatic rings. The van der Waals surface area contributed by atoms with Gasteiger partial charge in [-0.2, -0.15) is 0 Å². The van der Waals surface area contributed by atoms with Gasteiger partial charge in [0, 0.05) is 12.6 Å². The van der Waals surface area contributed by atoms with Crippen molar-refractivity contribution < 1.29 is 23.9 Å². The molecule has 0 radical (unpaired) electrons. The normalized spacial score (nSPS) is 13.7. The maximum Gasteiger partial charge on any atom is 0.326 e. The van der Waals surface area contributed by atoms with Crippen LogP contribution in [0.4, 0.5) is 0 Å². The van der Waals surface area contributed by atoms with Crippen molar-refractivity contribution in [3.05, 3.63) is 12.3 Å². The van der Waals surface area contributed by atoms with Gasteiger partial charge in [-0.3, -0.25) is 14.2 Å². The summed E-state index contributed by atoms with van der Waals surface area (Å²) in [6, 6.07) is 0. The van der Waals surface area contributed by atoms with Crippen LogP contribution in [0.2, 0.25) is 0 Å². The van der Waals surface area contributed by atoms with E-state index < -0.39 is 31.5 Å². The minimum absolute atomic E-state index is 0.278. The zero-order valence-corrected chi connectivity index (χ0v) is 9.68. The van der Waals surface area contributed by atoms with Crippen LogP contribution in [0.5, 0.6) is 0 Å². The van der Waals surface area contributed by atoms with Crippen LogP contribution in [0.3, 0.4) is 0 Å². The number of hydrogen-bond acceptors (Lipinski definition) is 3. The van der Waals surface area contributed by atoms with Gasteiger partial charge in [0.25, 0.3) is 0 Å². The number of carbonyl (C=O) groups excluding carboxylic acids is 2. The maximum absolute atomic E-state index is 11.0. The highest BCUT2D eigenvalue weighted by Crippen LogP contribution is 2.34. The molecule has 92 valence electrons. The second kappa shape index (κ2) is 6.42. The van der Waals surface area contributed by atoms with Crippen molar-refractivity contribution >= 4 is 19.4 Å². The lowest BCUT2D eigenvalue weighted by Gasteiger charge is -2.03. The van der Waals surface area contributed by atoms with Crippen molar-refractivity contribution in [3.63, 3.8) is 0 Å². The fraction of sp³-hybridized carbons (Fsp3) is 0.500. The summed E-state index contributed by atoms with van der Waals surface area (Å²) in [5, 5.41) is 2.27. The van der Waals surface area contributed by atoms with Crippen LogP contribution in [0.25, 0.3) is 0 Å². The van der Waals surface area contributed by atoms with Gasteiger partial charge in [0.05, 0.1) is 12.1 Å². The van der Waals surface area contributed by atoms with Crippen molar-refractivity contribution in [3.8, 4) is 0 Å². The molecule has 16 heavy (non-hydrogen) atoms. The molecule has 0 unspecified atom stereocenters. The predicted octanol–water partition coefficient (Wildman–Crippen LogP) is -0.695. The molecule has 0 spiro atoms. The van der Waals surface area contributed by atoms with E-state index in [2.05, 4.69) is 5.32 Å². The smallest absolute Gasteiger partial charge is 0.326 e. The molecule has 2 amide bonds. The summed E-state index contributed by atoms with van der Waals surface area (Å²) in [5.74, 6) is -1.57. The lowest BCUT2D eigenvalue weighted by Crippen LogP contribution is -2.21. The Kier molecular flexibility index (Phi) is 5.95. The van der Waals surface area contributed by atoms with E-state index in [0.29, 0.717) is 0 Å². The molecule has 0 bridgehead atoms. The van der Waals surface area contributed by atoms with E-state index in [1.807, 2.05) is 0 Å². The van der Waals surface area contributed by atoms with Crippen molar-refractivity contribution in [2.24, 2.45) is 11.7 Å². The quantitative estimate of drug-likeness (QED) is 0.463. The number of nitrogens with one attached hydrogen (secondary N) is 1. The largest absolute Gasteiger partial charge is 0.369 e. The van der Waals surface area contributed by atoms with Crippen LogP contribution in [-0.4, -0.2) is 27.8 Å². The summed E-state index contributed by atoms with van der Waals surface area (Å²) in [6.45, 7) is 1.56. The Balaban J connectivity index is 3.91. The molecule has 1 atom stereocenters. The summed E-state index contributed by atoms with van der Waals surface area (Å²) < 4.78 is 10.4. The van der Waals surface area contributed by atoms with Gasteiger partial charge in [-0.1, -0.05) is 13.0 Å². The van der Waals surface area contributed by atoms with E-state index in [9.17, 15) is 14.2 Å².